The highest BCUT2D eigenvalue weighted by molar-refractivity contribution is 9.10. The first kappa shape index (κ1) is 11.5. The number of primary amides is 1. The molecule has 0 spiro atoms. The van der Waals surface area contributed by atoms with Crippen molar-refractivity contribution in [2.75, 3.05) is 0 Å². The summed E-state index contributed by atoms with van der Waals surface area (Å²) in [5.41, 5.74) is 9.81. The van der Waals surface area contributed by atoms with Crippen molar-refractivity contribution < 1.29 is 9.59 Å². The third kappa shape index (κ3) is 4.46. The molecule has 0 saturated heterocycles. The summed E-state index contributed by atoms with van der Waals surface area (Å²) in [6.07, 6.45) is 0.188. The number of carbonyl (C=O) groups is 2. The number of hydrogen-bond donors (Lipinski definition) is 3. The fourth-order valence-electron chi connectivity index (χ4n) is 0.963. The van der Waals surface area contributed by atoms with Crippen molar-refractivity contribution in [2.24, 2.45) is 5.73 Å². The van der Waals surface area contributed by atoms with Crippen LogP contribution in [0.4, 0.5) is 4.79 Å². The van der Waals surface area contributed by atoms with E-state index in [0.29, 0.717) is 0 Å². The molecular weight excluding hydrogens is 262 g/mol. The molecule has 80 valence electrons. The molecule has 6 heteroatoms. The van der Waals surface area contributed by atoms with Gasteiger partial charge in [-0.2, -0.15) is 0 Å². The van der Waals surface area contributed by atoms with Gasteiger partial charge in [-0.25, -0.2) is 10.2 Å². The standard InChI is InChI=1S/C9H10BrN3O2/c10-7-3-1-6(2-4-7)5-8(14)12-13-9(11)15/h1-4H,5H2,(H,12,14)(H3,11,13,15). The number of rotatable bonds is 2. The highest BCUT2D eigenvalue weighted by atomic mass is 79.9. The van der Waals surface area contributed by atoms with Gasteiger partial charge in [0, 0.05) is 4.47 Å². The van der Waals surface area contributed by atoms with Crippen LogP contribution in [-0.2, 0) is 11.2 Å². The van der Waals surface area contributed by atoms with Crippen LogP contribution in [0, 0.1) is 0 Å². The first-order valence-corrected chi connectivity index (χ1v) is 4.96. The Balaban J connectivity index is 2.44. The molecule has 0 fully saturated rings. The predicted octanol–water partition coefficient (Wildman–Crippen LogP) is 0.691. The van der Waals surface area contributed by atoms with E-state index in [1.807, 2.05) is 29.7 Å². The summed E-state index contributed by atoms with van der Waals surface area (Å²) in [7, 11) is 0. The topological polar surface area (TPSA) is 84.2 Å². The molecular formula is C9H10BrN3O2. The van der Waals surface area contributed by atoms with Crippen molar-refractivity contribution in [1.29, 1.82) is 0 Å². The van der Waals surface area contributed by atoms with Gasteiger partial charge in [-0.05, 0) is 17.7 Å². The molecule has 1 aromatic carbocycles. The Morgan fingerprint density at radius 1 is 1.20 bits per heavy atom. The van der Waals surface area contributed by atoms with Crippen LogP contribution in [0.2, 0.25) is 0 Å². The van der Waals surface area contributed by atoms with Crippen molar-refractivity contribution in [3.63, 3.8) is 0 Å². The van der Waals surface area contributed by atoms with Crippen LogP contribution < -0.4 is 16.6 Å². The zero-order valence-electron chi connectivity index (χ0n) is 7.79. The highest BCUT2D eigenvalue weighted by Gasteiger charge is 2.03. The Labute approximate surface area is 95.1 Å². The number of halogens is 1. The summed E-state index contributed by atoms with van der Waals surface area (Å²) in [6.45, 7) is 0. The molecule has 0 heterocycles. The highest BCUT2D eigenvalue weighted by Crippen LogP contribution is 2.10. The van der Waals surface area contributed by atoms with Crippen LogP contribution in [0.3, 0.4) is 0 Å². The second kappa shape index (κ2) is 5.35. The largest absolute Gasteiger partial charge is 0.350 e. The molecule has 4 N–H and O–H groups in total. The molecule has 1 rings (SSSR count). The van der Waals surface area contributed by atoms with E-state index in [9.17, 15) is 9.59 Å². The Bertz CT molecular complexity index is 364. The molecule has 0 aromatic heterocycles. The van der Waals surface area contributed by atoms with E-state index in [1.54, 1.807) is 0 Å². The smallest absolute Gasteiger partial charge is 0.330 e. The molecule has 0 aliphatic rings. The fraction of sp³-hybridized carbons (Fsp3) is 0.111. The summed E-state index contributed by atoms with van der Waals surface area (Å²) in [5, 5.41) is 0. The van der Waals surface area contributed by atoms with Crippen LogP contribution in [0.25, 0.3) is 0 Å². The Morgan fingerprint density at radius 3 is 2.33 bits per heavy atom. The number of nitrogens with two attached hydrogens (primary N) is 1. The van der Waals surface area contributed by atoms with Crippen molar-refractivity contribution in [2.45, 2.75) is 6.42 Å². The molecule has 0 aliphatic carbocycles. The van der Waals surface area contributed by atoms with Crippen LogP contribution >= 0.6 is 15.9 Å². The average molecular weight is 272 g/mol. The van der Waals surface area contributed by atoms with E-state index in [-0.39, 0.29) is 12.3 Å². The van der Waals surface area contributed by atoms with E-state index in [4.69, 9.17) is 5.73 Å². The normalized spacial score (nSPS) is 9.40. The SMILES string of the molecule is NC(=O)NNC(=O)Cc1ccc(Br)cc1. The lowest BCUT2D eigenvalue weighted by atomic mass is 10.1. The maximum atomic E-state index is 11.2. The Morgan fingerprint density at radius 2 is 1.80 bits per heavy atom. The van der Waals surface area contributed by atoms with E-state index < -0.39 is 6.03 Å². The molecule has 0 unspecified atom stereocenters. The van der Waals surface area contributed by atoms with Crippen LogP contribution in [0.5, 0.6) is 0 Å². The first-order valence-electron chi connectivity index (χ1n) is 4.16. The average Bonchev–Trinajstić information content (AvgIpc) is 2.19. The monoisotopic (exact) mass is 271 g/mol. The summed E-state index contributed by atoms with van der Waals surface area (Å²) in [5.74, 6) is -0.323. The molecule has 0 bridgehead atoms. The van der Waals surface area contributed by atoms with Crippen LogP contribution in [-0.4, -0.2) is 11.9 Å². The van der Waals surface area contributed by atoms with Gasteiger partial charge in [0.05, 0.1) is 6.42 Å². The van der Waals surface area contributed by atoms with Gasteiger partial charge in [0.15, 0.2) is 0 Å². The number of amides is 3. The minimum atomic E-state index is -0.792. The van der Waals surface area contributed by atoms with Crippen LogP contribution in [0.1, 0.15) is 5.56 Å². The Hall–Kier alpha value is -1.56. The lowest BCUT2D eigenvalue weighted by Gasteiger charge is -2.04. The number of nitrogens with one attached hydrogen (secondary N) is 2. The van der Waals surface area contributed by atoms with Gasteiger partial charge < -0.3 is 5.73 Å². The number of benzene rings is 1. The van der Waals surface area contributed by atoms with Crippen molar-refractivity contribution in [3.8, 4) is 0 Å². The maximum Gasteiger partial charge on any atom is 0.330 e. The van der Waals surface area contributed by atoms with Crippen molar-refractivity contribution >= 4 is 27.9 Å². The molecule has 0 radical (unpaired) electrons. The quantitative estimate of drug-likeness (QED) is 0.692. The van der Waals surface area contributed by atoms with Gasteiger partial charge >= 0.3 is 6.03 Å². The second-order valence-electron chi connectivity index (χ2n) is 2.84. The van der Waals surface area contributed by atoms with Gasteiger partial charge in [-0.1, -0.05) is 28.1 Å². The Kier molecular flexibility index (Phi) is 4.11. The molecule has 1 aromatic rings. The van der Waals surface area contributed by atoms with Gasteiger partial charge in [-0.3, -0.25) is 10.2 Å². The van der Waals surface area contributed by atoms with Crippen LogP contribution in [0.15, 0.2) is 28.7 Å². The second-order valence-corrected chi connectivity index (χ2v) is 3.76. The van der Waals surface area contributed by atoms with Gasteiger partial charge in [0.1, 0.15) is 0 Å². The molecule has 5 nitrogen and oxygen atoms in total. The number of carbonyl (C=O) groups excluding carboxylic acids is 2. The minimum absolute atomic E-state index is 0.188. The maximum absolute atomic E-state index is 11.2. The van der Waals surface area contributed by atoms with Gasteiger partial charge in [0.2, 0.25) is 5.91 Å². The third-order valence-corrected chi connectivity index (χ3v) is 2.13. The summed E-state index contributed by atoms with van der Waals surface area (Å²) in [6, 6.07) is 6.51. The van der Waals surface area contributed by atoms with E-state index in [2.05, 4.69) is 21.4 Å². The summed E-state index contributed by atoms with van der Waals surface area (Å²) >= 11 is 3.29. The molecule has 3 amide bonds. The lowest BCUT2D eigenvalue weighted by Crippen LogP contribution is -2.45. The summed E-state index contributed by atoms with van der Waals surface area (Å²) in [4.78, 5) is 21.5. The van der Waals surface area contributed by atoms with E-state index >= 15 is 0 Å². The molecule has 0 atom stereocenters. The molecule has 0 aliphatic heterocycles. The van der Waals surface area contributed by atoms with E-state index in [1.165, 1.54) is 0 Å². The summed E-state index contributed by atoms with van der Waals surface area (Å²) < 4.78 is 0.946. The first-order chi connectivity index (χ1) is 7.08. The molecule has 0 saturated carbocycles. The van der Waals surface area contributed by atoms with Gasteiger partial charge in [-0.15, -0.1) is 0 Å². The number of urea groups is 1. The molecule has 15 heavy (non-hydrogen) atoms. The predicted molar refractivity (Wildman–Crippen MR) is 58.7 cm³/mol. The van der Waals surface area contributed by atoms with Crippen molar-refractivity contribution in [3.05, 3.63) is 34.3 Å². The minimum Gasteiger partial charge on any atom is -0.350 e. The fourth-order valence-corrected chi connectivity index (χ4v) is 1.23. The third-order valence-electron chi connectivity index (χ3n) is 1.60. The van der Waals surface area contributed by atoms with E-state index in [0.717, 1.165) is 10.0 Å². The zero-order chi connectivity index (χ0) is 11.3. The van der Waals surface area contributed by atoms with Crippen molar-refractivity contribution in [1.82, 2.24) is 10.9 Å². The zero-order valence-corrected chi connectivity index (χ0v) is 9.37. The number of hydrogen-bond acceptors (Lipinski definition) is 2. The lowest BCUT2D eigenvalue weighted by molar-refractivity contribution is -0.121. The van der Waals surface area contributed by atoms with Gasteiger partial charge in [0.25, 0.3) is 0 Å². The number of hydrazine groups is 1.